The van der Waals surface area contributed by atoms with Crippen molar-refractivity contribution in [2.24, 2.45) is 4.99 Å². The predicted molar refractivity (Wildman–Crippen MR) is 134 cm³/mol. The zero-order valence-corrected chi connectivity index (χ0v) is 20.5. The number of amidine groups is 1. The molecule has 2 N–H and O–H groups in total. The number of rotatable bonds is 7. The van der Waals surface area contributed by atoms with Gasteiger partial charge in [0.15, 0.2) is 0 Å². The van der Waals surface area contributed by atoms with Crippen LogP contribution in [-0.4, -0.2) is 35.7 Å². The van der Waals surface area contributed by atoms with E-state index in [1.165, 1.54) is 0 Å². The van der Waals surface area contributed by atoms with E-state index in [0.717, 1.165) is 47.5 Å². The minimum Gasteiger partial charge on any atom is -0.495 e. The number of aromatic nitrogens is 2. The van der Waals surface area contributed by atoms with E-state index < -0.39 is 15.1 Å². The number of ether oxygens (including phenoxy) is 1. The lowest BCUT2D eigenvalue weighted by Crippen LogP contribution is -2.32. The molecule has 1 aliphatic heterocycles. The summed E-state index contributed by atoms with van der Waals surface area (Å²) in [5.41, 5.74) is 3.90. The molecule has 0 radical (unpaired) electrons. The van der Waals surface area contributed by atoms with Crippen molar-refractivity contribution in [3.05, 3.63) is 71.8 Å². The van der Waals surface area contributed by atoms with Gasteiger partial charge in [0.1, 0.15) is 16.5 Å². The van der Waals surface area contributed by atoms with E-state index in [-0.39, 0.29) is 12.4 Å². The number of hydrogen-bond donors (Lipinski definition) is 2. The first kappa shape index (κ1) is 25.5. The Hall–Kier alpha value is -3.54. The maximum absolute atomic E-state index is 12.9. The molecule has 4 rings (SSSR count). The molecule has 2 heterocycles. The van der Waals surface area contributed by atoms with Crippen LogP contribution in [-0.2, 0) is 0 Å². The zero-order valence-electron chi connectivity index (χ0n) is 19.6. The molecular formula is C24H26F5N5OS. The second kappa shape index (κ2) is 8.84. The highest BCUT2D eigenvalue weighted by atomic mass is 32.5. The van der Waals surface area contributed by atoms with Gasteiger partial charge in [-0.25, -0.2) is 4.98 Å². The average molecular weight is 528 g/mol. The van der Waals surface area contributed by atoms with Gasteiger partial charge in [0.2, 0.25) is 0 Å². The number of anilines is 1. The van der Waals surface area contributed by atoms with E-state index >= 15 is 0 Å². The van der Waals surface area contributed by atoms with Crippen LogP contribution < -0.4 is 15.4 Å². The van der Waals surface area contributed by atoms with Crippen LogP contribution in [0, 0.1) is 6.92 Å². The molecule has 0 aliphatic carbocycles. The second-order valence-electron chi connectivity index (χ2n) is 8.38. The Morgan fingerprint density at radius 2 is 1.81 bits per heavy atom. The van der Waals surface area contributed by atoms with Crippen LogP contribution >= 0.6 is 10.2 Å². The molecule has 0 fully saturated rings. The summed E-state index contributed by atoms with van der Waals surface area (Å²) in [6.07, 6.45) is 7.29. The summed E-state index contributed by atoms with van der Waals surface area (Å²) in [5, 5.41) is 6.01. The smallest absolute Gasteiger partial charge is 0.310 e. The van der Waals surface area contributed by atoms with Crippen molar-refractivity contribution in [1.29, 1.82) is 0 Å². The maximum Gasteiger partial charge on any atom is 0.310 e. The summed E-state index contributed by atoms with van der Waals surface area (Å²) in [5.74, 6) is 1.34. The molecule has 0 amide bonds. The van der Waals surface area contributed by atoms with Gasteiger partial charge in [-0.1, -0.05) is 25.5 Å². The first-order valence-corrected chi connectivity index (χ1v) is 13.0. The number of imidazole rings is 1. The minimum atomic E-state index is -9.68. The Labute approximate surface area is 205 Å². The summed E-state index contributed by atoms with van der Waals surface area (Å²) >= 11 is 0. The molecule has 0 saturated heterocycles. The van der Waals surface area contributed by atoms with Gasteiger partial charge >= 0.3 is 10.2 Å². The fourth-order valence-corrected chi connectivity index (χ4v) is 4.45. The van der Waals surface area contributed by atoms with Crippen LogP contribution in [0.15, 0.2) is 70.4 Å². The van der Waals surface area contributed by atoms with Crippen molar-refractivity contribution >= 4 is 27.8 Å². The molecule has 12 heteroatoms. The maximum atomic E-state index is 12.9. The Bertz CT molecular complexity index is 1320. The predicted octanol–water partition coefficient (Wildman–Crippen LogP) is 7.08. The third kappa shape index (κ3) is 6.17. The van der Waals surface area contributed by atoms with E-state index in [2.05, 4.69) is 20.6 Å². The number of nitrogens with zero attached hydrogens (tertiary/aromatic N) is 3. The van der Waals surface area contributed by atoms with Gasteiger partial charge in [-0.15, -0.1) is 0 Å². The van der Waals surface area contributed by atoms with Crippen LogP contribution in [0.3, 0.4) is 0 Å². The molecule has 0 spiro atoms. The Balaban J connectivity index is 1.45. The number of benzene rings is 2. The van der Waals surface area contributed by atoms with E-state index in [4.69, 9.17) is 4.74 Å². The molecule has 0 atom stereocenters. The fourth-order valence-electron chi connectivity index (χ4n) is 3.80. The Kier molecular flexibility index (Phi) is 6.27. The third-order valence-electron chi connectivity index (χ3n) is 5.56. The highest BCUT2D eigenvalue weighted by molar-refractivity contribution is 8.45. The number of aryl methyl sites for hydroxylation is 1. The summed E-state index contributed by atoms with van der Waals surface area (Å²) in [7, 11) is -8.08. The van der Waals surface area contributed by atoms with Crippen molar-refractivity contribution in [3.8, 4) is 11.4 Å². The molecule has 194 valence electrons. The summed E-state index contributed by atoms with van der Waals surface area (Å²) < 4.78 is 71.9. The molecule has 6 nitrogen and oxygen atoms in total. The fraction of sp³-hybridized carbons (Fsp3) is 0.250. The number of nitrogens with one attached hydrogen (secondary N) is 2. The van der Waals surface area contributed by atoms with E-state index in [1.807, 2.05) is 42.0 Å². The first-order valence-electron chi connectivity index (χ1n) is 11.1. The summed E-state index contributed by atoms with van der Waals surface area (Å²) in [4.78, 5) is 6.86. The lowest BCUT2D eigenvalue weighted by atomic mass is 10.0. The lowest BCUT2D eigenvalue weighted by molar-refractivity contribution is 0.364. The van der Waals surface area contributed by atoms with Gasteiger partial charge in [-0.2, -0.15) is 0 Å². The lowest BCUT2D eigenvalue weighted by Gasteiger charge is -2.40. The molecule has 2 aromatic carbocycles. The van der Waals surface area contributed by atoms with Gasteiger partial charge in [0, 0.05) is 18.4 Å². The van der Waals surface area contributed by atoms with Crippen molar-refractivity contribution in [2.45, 2.75) is 24.7 Å². The molecule has 0 unspecified atom stereocenters. The SMILES string of the molecule is COc1cc(/C=C2\CCCN=C2NCNc2ccc(S(F)(F)(F)(F)F)cc2)ccc1-n1cnc(C)c1. The van der Waals surface area contributed by atoms with Crippen LogP contribution in [0.1, 0.15) is 24.1 Å². The standard InChI is InChI=1S/C24H26F5N5OS/c1-17-14-34(16-33-17)22-10-5-18(13-23(22)35-2)12-19-4-3-11-30-24(19)32-15-31-20-6-8-21(9-7-20)36(25,26,27,28)29/h5-10,12-14,16,31H,3-4,11,15H2,1-2H3,(H,30,32)/b19-12+. The van der Waals surface area contributed by atoms with Crippen LogP contribution in [0.2, 0.25) is 0 Å². The Morgan fingerprint density at radius 3 is 2.44 bits per heavy atom. The Morgan fingerprint density at radius 1 is 1.06 bits per heavy atom. The van der Waals surface area contributed by atoms with Crippen molar-refractivity contribution in [1.82, 2.24) is 14.9 Å². The molecule has 36 heavy (non-hydrogen) atoms. The number of hydrogen-bond acceptors (Lipinski definition) is 5. The number of methoxy groups -OCH3 is 1. The van der Waals surface area contributed by atoms with Crippen molar-refractivity contribution < 1.29 is 24.2 Å². The quantitative estimate of drug-likeness (QED) is 0.255. The first-order chi connectivity index (χ1) is 16.8. The summed E-state index contributed by atoms with van der Waals surface area (Å²) in [6.45, 7) is 2.69. The van der Waals surface area contributed by atoms with E-state index in [1.54, 1.807) is 13.4 Å². The summed E-state index contributed by atoms with van der Waals surface area (Å²) in [6, 6.07) is 8.55. The highest BCUT2D eigenvalue weighted by Gasteiger charge is 2.65. The molecular weight excluding hydrogens is 501 g/mol. The second-order valence-corrected chi connectivity index (χ2v) is 10.8. The van der Waals surface area contributed by atoms with Crippen molar-refractivity contribution in [3.63, 3.8) is 0 Å². The highest BCUT2D eigenvalue weighted by Crippen LogP contribution is 3.02. The van der Waals surface area contributed by atoms with Gasteiger partial charge < -0.3 is 19.9 Å². The monoisotopic (exact) mass is 527 g/mol. The molecule has 1 aromatic heterocycles. The van der Waals surface area contributed by atoms with Gasteiger partial charge in [-0.05, 0) is 73.4 Å². The normalized spacial score (nSPS) is 17.2. The van der Waals surface area contributed by atoms with Crippen LogP contribution in [0.4, 0.5) is 25.1 Å². The minimum absolute atomic E-state index is 0.147. The third-order valence-corrected chi connectivity index (χ3v) is 6.72. The van der Waals surface area contributed by atoms with Gasteiger partial charge in [0.05, 0.1) is 31.5 Å². The topological polar surface area (TPSA) is 63.5 Å². The van der Waals surface area contributed by atoms with Gasteiger partial charge in [0.25, 0.3) is 0 Å². The largest absolute Gasteiger partial charge is 0.495 e. The zero-order chi connectivity index (χ0) is 26.0. The molecule has 3 aromatic rings. The van der Waals surface area contributed by atoms with Gasteiger partial charge in [-0.3, -0.25) is 4.99 Å². The molecule has 0 saturated carbocycles. The van der Waals surface area contributed by atoms with E-state index in [0.29, 0.717) is 30.3 Å². The number of halogens is 5. The van der Waals surface area contributed by atoms with E-state index in [9.17, 15) is 19.4 Å². The molecule has 0 bridgehead atoms. The number of aliphatic imine (C=N–C) groups is 1. The van der Waals surface area contributed by atoms with Crippen molar-refractivity contribution in [2.75, 3.05) is 25.6 Å². The average Bonchev–Trinajstić information content (AvgIpc) is 3.25. The van der Waals surface area contributed by atoms with Crippen LogP contribution in [0.5, 0.6) is 5.75 Å². The molecule has 1 aliphatic rings. The van der Waals surface area contributed by atoms with Crippen LogP contribution in [0.25, 0.3) is 11.8 Å².